The molecule has 0 bridgehead atoms. The van der Waals surface area contributed by atoms with Crippen LogP contribution >= 0.6 is 34.7 Å². The van der Waals surface area contributed by atoms with Crippen LogP contribution in [-0.2, 0) is 81.4 Å². The second-order valence-electron chi connectivity index (χ2n) is 30.9. The zero-order valence-electron chi connectivity index (χ0n) is 80.1. The number of hydrogen-bond donors (Lipinski definition) is 5. The van der Waals surface area contributed by atoms with Crippen molar-refractivity contribution >= 4 is 136 Å². The first-order chi connectivity index (χ1) is 64.6. The fraction of sp³-hybridized carbons (Fsp3) is 0.471. The zero-order valence-corrected chi connectivity index (χ0v) is 85.6. The molecule has 0 radical (unpaired) electrons. The van der Waals surface area contributed by atoms with Gasteiger partial charge in [0.15, 0.2) is 0 Å². The van der Waals surface area contributed by atoms with E-state index >= 15 is 0 Å². The van der Waals surface area contributed by atoms with E-state index < -0.39 is 54.2 Å². The smallest absolute Gasteiger partial charge is 0.870 e. The van der Waals surface area contributed by atoms with Crippen molar-refractivity contribution in [2.75, 3.05) is 220 Å². The van der Waals surface area contributed by atoms with Gasteiger partial charge in [0.05, 0.1) is 29.7 Å². The minimum Gasteiger partial charge on any atom is -0.870 e. The summed E-state index contributed by atoms with van der Waals surface area (Å²) in [5, 5.41) is 22.3. The molecule has 52 heteroatoms. The molecule has 0 aliphatic carbocycles. The van der Waals surface area contributed by atoms with Crippen LogP contribution in [0, 0.1) is 79.3 Å². The van der Waals surface area contributed by atoms with Gasteiger partial charge in [0.1, 0.15) is 0 Å². The molecular weight excluding hydrogens is 1940 g/mol. The van der Waals surface area contributed by atoms with E-state index in [1.165, 1.54) is 41.7 Å². The molecule has 6 N–H and O–H groups in total. The normalized spacial score (nSPS) is 15.3. The number of nitrogens with one attached hydrogen (secondary N) is 4. The van der Waals surface area contributed by atoms with E-state index in [0.717, 1.165) is 188 Å². The van der Waals surface area contributed by atoms with Crippen LogP contribution in [0.5, 0.6) is 0 Å². The summed E-state index contributed by atoms with van der Waals surface area (Å²) < 4.78 is 81.1. The van der Waals surface area contributed by atoms with Gasteiger partial charge >= 0.3 is 42.7 Å². The van der Waals surface area contributed by atoms with E-state index in [4.69, 9.17) is 30.2 Å². The van der Waals surface area contributed by atoms with E-state index in [1.54, 1.807) is 119 Å². The number of amides is 2. The van der Waals surface area contributed by atoms with Gasteiger partial charge in [-0.1, -0.05) is 12.1 Å². The van der Waals surface area contributed by atoms with Crippen LogP contribution in [0.3, 0.4) is 0 Å². The van der Waals surface area contributed by atoms with E-state index in [2.05, 4.69) is 126 Å². The first-order valence-electron chi connectivity index (χ1n) is 43.5. The Morgan fingerprint density at radius 1 is 0.410 bits per heavy atom. The number of nitrogens with zero attached hydrogens (tertiary/aromatic N) is 24. The summed E-state index contributed by atoms with van der Waals surface area (Å²) in [6.07, 6.45) is 24.4. The number of aromatic nitrogens is 14. The van der Waals surface area contributed by atoms with Gasteiger partial charge in [-0.05, 0) is 151 Å². The minimum absolute atomic E-state index is 0. The molecule has 756 valence electrons. The number of hydrogen-bond acceptors (Lipinski definition) is 39. The van der Waals surface area contributed by atoms with Crippen LogP contribution in [0.2, 0.25) is 5.28 Å². The van der Waals surface area contributed by atoms with Crippen LogP contribution in [0.15, 0.2) is 151 Å². The number of halogens is 3. The molecule has 7 aliphatic rings. The number of anilines is 6. The van der Waals surface area contributed by atoms with Crippen molar-refractivity contribution in [1.82, 2.24) is 109 Å². The Hall–Kier alpha value is -9.72. The number of carboxylic acid groups (broad SMARTS) is 1. The number of ether oxygens (including phenoxy) is 2. The molecule has 139 heavy (non-hydrogen) atoms. The van der Waals surface area contributed by atoms with Gasteiger partial charge in [-0.25, -0.2) is 86.6 Å². The van der Waals surface area contributed by atoms with Gasteiger partial charge in [0, 0.05) is 346 Å². The Bertz CT molecular complexity index is 5350. The monoisotopic (exact) mass is 2060 g/mol. The molecule has 0 saturated carbocycles. The molecular formula is C87H123ArCl3LiN28O16S3-. The Morgan fingerprint density at radius 3 is 0.885 bits per heavy atom. The summed E-state index contributed by atoms with van der Waals surface area (Å²) in [6.45, 7) is 39.3. The van der Waals surface area contributed by atoms with E-state index in [-0.39, 0.29) is 109 Å². The number of carbonyl (C=O) groups is 6. The summed E-state index contributed by atoms with van der Waals surface area (Å²) in [5.41, 5.74) is 6.90. The number of carbonyl (C=O) groups excluding carboxylic acids is 5. The summed E-state index contributed by atoms with van der Waals surface area (Å²) in [6, 6.07) is 14.9. The molecule has 9 aromatic rings. The van der Waals surface area contributed by atoms with Gasteiger partial charge in [-0.3, -0.25) is 33.0 Å². The molecule has 2 aromatic carbocycles. The number of sulfonamides is 2. The van der Waals surface area contributed by atoms with Gasteiger partial charge in [0.2, 0.25) is 72.8 Å². The number of aliphatic carboxylic acids is 1. The summed E-state index contributed by atoms with van der Waals surface area (Å²) >= 11 is 5.32. The van der Waals surface area contributed by atoms with Crippen molar-refractivity contribution in [3.63, 3.8) is 0 Å². The second kappa shape index (κ2) is 66.1. The maximum Gasteiger partial charge on any atom is 1.00 e. The molecule has 1 unspecified atom stereocenters. The molecule has 7 aromatic heterocycles. The molecule has 7 fully saturated rings. The molecule has 16 rings (SSSR count). The van der Waals surface area contributed by atoms with E-state index in [0.29, 0.717) is 80.7 Å². The Morgan fingerprint density at radius 2 is 0.655 bits per heavy atom. The fourth-order valence-electron chi connectivity index (χ4n) is 13.3. The fourth-order valence-corrected chi connectivity index (χ4v) is 16.4. The largest absolute Gasteiger partial charge is 1.00 e. The van der Waals surface area contributed by atoms with Crippen LogP contribution in [0.1, 0.15) is 72.2 Å². The molecule has 14 heterocycles. The molecule has 7 saturated heterocycles. The van der Waals surface area contributed by atoms with Crippen molar-refractivity contribution in [3.05, 3.63) is 191 Å². The number of methoxy groups -OCH3 is 1. The van der Waals surface area contributed by atoms with Crippen molar-refractivity contribution in [2.45, 2.75) is 91.9 Å². The Labute approximate surface area is 872 Å². The molecule has 7 aliphatic heterocycles. The molecule has 1 atom stereocenters. The van der Waals surface area contributed by atoms with Gasteiger partial charge in [0.25, 0.3) is 0 Å². The maximum absolute atomic E-state index is 13.1. The quantitative estimate of drug-likeness (QED) is 0.0252. The SMILES string of the molecule is C1CNCCN1.CC(=O)N1CCN(c2ncc(C)cn2)CC1.CC(=O)N1CCN(c2ncccn2)CC1.CC(=O)OC(C)=O.COC(=O)Cc1cc(S(=O)(=O)N2CCN(c3ncc(C)cn3)CC2)ccc1C.Cc1cnc(N2CCN(S(=O)(=O)c3ccc(C)c(CC(=O)O)c3)CC2)nc1.Cc1cnc(N2CCNCC2)nc1.Cl.Clc1ncccn1.O=S([O-])Cl.[Ar].[Li+].[OH-].c1cnc(N2CCNCC2)nc1. The number of esters is 3. The number of rotatable bonds is 14. The van der Waals surface area contributed by atoms with E-state index in [1.807, 2.05) is 85.1 Å². The minimum atomic E-state index is -3.68. The first-order valence-corrected chi connectivity index (χ1v) is 48.6. The number of benzene rings is 2. The van der Waals surface area contributed by atoms with Crippen LogP contribution in [0.25, 0.3) is 0 Å². The topological polar surface area (TPSA) is 540 Å². The van der Waals surface area contributed by atoms with Gasteiger partial charge < -0.3 is 85.1 Å². The van der Waals surface area contributed by atoms with Gasteiger partial charge in [-0.2, -0.15) is 8.61 Å². The summed E-state index contributed by atoms with van der Waals surface area (Å²) in [4.78, 5) is 139. The predicted octanol–water partition coefficient (Wildman–Crippen LogP) is 0.904. The summed E-state index contributed by atoms with van der Waals surface area (Å²) in [5.74, 6) is 2.19. The second-order valence-corrected chi connectivity index (χ2v) is 36.2. The number of piperazine rings is 7. The average molecular weight is 2070 g/mol. The zero-order chi connectivity index (χ0) is 98.2. The average Bonchev–Trinajstić information content (AvgIpc) is 0.794. The van der Waals surface area contributed by atoms with E-state index in [9.17, 15) is 45.6 Å². The summed E-state index contributed by atoms with van der Waals surface area (Å²) in [7, 11) is -4.20. The number of aryl methyl sites for hydroxylation is 6. The van der Waals surface area contributed by atoms with Crippen LogP contribution < -0.4 is 69.5 Å². The Kier molecular flexibility index (Phi) is 58.7. The molecule has 44 nitrogen and oxygen atoms in total. The van der Waals surface area contributed by atoms with Crippen LogP contribution in [-0.4, -0.2) is 350 Å². The van der Waals surface area contributed by atoms with Crippen molar-refractivity contribution < 1.29 is 131 Å². The third-order valence-electron chi connectivity index (χ3n) is 20.6. The van der Waals surface area contributed by atoms with Crippen molar-refractivity contribution in [2.24, 2.45) is 0 Å². The first kappa shape index (κ1) is 123. The molecule has 2 amide bonds. The predicted molar refractivity (Wildman–Crippen MR) is 521 cm³/mol. The van der Waals surface area contributed by atoms with Crippen molar-refractivity contribution in [3.8, 4) is 0 Å². The third-order valence-corrected chi connectivity index (χ3v) is 24.6. The number of carboxylic acids is 1. The van der Waals surface area contributed by atoms with Crippen LogP contribution in [0.4, 0.5) is 35.7 Å². The van der Waals surface area contributed by atoms with Crippen molar-refractivity contribution in [1.29, 1.82) is 0 Å². The third kappa shape index (κ3) is 45.4. The Balaban J connectivity index is 0.000000414. The standard InChI is InChI=1S/C19H24N4O4S.C18H22N4O4S.C11H16N4O.C10H14N4O.C9H14N4.C8H12N4.C4H3ClN2.C4H10N2.C4H6O3.Ar.ClHO2S.ClH.Li.H2O/c1-14-12-20-19(21-13-14)22-6-8-23(9-7-22)28(25,26)17-5-4-15(2)16(10-17)11-18(24)27-3;1-13-11-19-18(20-12-13)21-5-7-22(8-6-21)27(25,26)16-4-3-14(2)15(9-16)10-17(23)24;1-9-7-12-11(13-8-9)15-5-3-14(4-6-15)10(2)16;1-9(15)13-5-7-14(8-6-13)10-11-3-2-4-12-10;1-8-6-11-9(12-7-8)13-4-2-10-3-5-13;1-2-10-8(11-3-1)12-6-4-9-5-7-12;5-4-6-2-1-3-7-4;1-2-6-4-3-5-1;1-3(5)7-4(2)6;;1-4(2)3;;;/h4-5,10,12-13H,6-9,11H2,1-3H3;3-4,9,11-12H,5-8,10H2,1-2H3,(H,23,24);7-8H,3-6H2,1-2H3;2-4H,5-8H2,1H3;6-7,10H,2-5H2,1H3;1-3,9H,4-7H2;1-3H;5-6H,1-4H2;1-2H3;;(H,2,3);1H;;1H2/q;;;;;;;;;;;;+1;/p-2. The molecule has 0 spiro atoms. The maximum atomic E-state index is 13.1. The van der Waals surface area contributed by atoms with Gasteiger partial charge in [-0.15, -0.1) is 12.4 Å².